The lowest BCUT2D eigenvalue weighted by Crippen LogP contribution is -2.37. The maximum absolute atomic E-state index is 12.1. The fourth-order valence-corrected chi connectivity index (χ4v) is 3.42. The number of ether oxygens (including phenoxy) is 1. The van der Waals surface area contributed by atoms with Crippen molar-refractivity contribution in [3.8, 4) is 5.75 Å². The maximum atomic E-state index is 12.1. The van der Waals surface area contributed by atoms with E-state index >= 15 is 0 Å². The van der Waals surface area contributed by atoms with Crippen LogP contribution >= 0.6 is 0 Å². The van der Waals surface area contributed by atoms with E-state index < -0.39 is 10.9 Å². The van der Waals surface area contributed by atoms with E-state index in [2.05, 4.69) is 32.2 Å². The minimum absolute atomic E-state index is 0.229. The van der Waals surface area contributed by atoms with Crippen LogP contribution in [0.25, 0.3) is 5.57 Å². The van der Waals surface area contributed by atoms with Crippen LogP contribution in [0.15, 0.2) is 39.6 Å². The van der Waals surface area contributed by atoms with Crippen LogP contribution in [0.5, 0.6) is 5.75 Å². The molecule has 1 aliphatic rings. The first kappa shape index (κ1) is 16.5. The predicted molar refractivity (Wildman–Crippen MR) is 97.4 cm³/mol. The zero-order valence-electron chi connectivity index (χ0n) is 14.7. The molecule has 3 rings (SSSR count). The number of fused-ring (bicyclic) bond motifs is 1. The van der Waals surface area contributed by atoms with Crippen molar-refractivity contribution in [1.82, 2.24) is 0 Å². The molecule has 0 aromatic heterocycles. The molecule has 0 bridgehead atoms. The zero-order valence-corrected chi connectivity index (χ0v) is 14.7. The Labute approximate surface area is 141 Å². The second-order valence-electron chi connectivity index (χ2n) is 6.86. The zero-order chi connectivity index (χ0) is 17.5. The summed E-state index contributed by atoms with van der Waals surface area (Å²) < 4.78 is 5.59. The van der Waals surface area contributed by atoms with Gasteiger partial charge in [-0.15, -0.1) is 0 Å². The number of nitrogens with one attached hydrogen (secondary N) is 1. The molecule has 2 aromatic carbocycles. The molecule has 1 heterocycles. The quantitative estimate of drug-likeness (QED) is 0.674. The van der Waals surface area contributed by atoms with Gasteiger partial charge in [0.2, 0.25) is 5.43 Å². The minimum atomic E-state index is -0.505. The molecule has 0 fully saturated rings. The first-order valence-corrected chi connectivity index (χ1v) is 8.44. The molecule has 126 valence electrons. The lowest BCUT2D eigenvalue weighted by Gasteiger charge is -2.24. The van der Waals surface area contributed by atoms with Crippen LogP contribution in [0.3, 0.4) is 0 Å². The fraction of sp³-hybridized carbons (Fsp3) is 0.400. The van der Waals surface area contributed by atoms with Gasteiger partial charge in [-0.1, -0.05) is 45.4 Å². The first-order valence-electron chi connectivity index (χ1n) is 8.44. The molecule has 2 aromatic rings. The normalized spacial score (nSPS) is 17.5. The van der Waals surface area contributed by atoms with Crippen molar-refractivity contribution in [3.05, 3.63) is 61.5 Å². The van der Waals surface area contributed by atoms with Crippen LogP contribution < -0.4 is 20.9 Å². The van der Waals surface area contributed by atoms with E-state index in [1.165, 1.54) is 5.56 Å². The Morgan fingerprint density at radius 1 is 1.17 bits per heavy atom. The van der Waals surface area contributed by atoms with Crippen molar-refractivity contribution < 1.29 is 4.74 Å². The van der Waals surface area contributed by atoms with Gasteiger partial charge in [0.05, 0.1) is 12.2 Å². The highest BCUT2D eigenvalue weighted by atomic mass is 16.5. The summed E-state index contributed by atoms with van der Waals surface area (Å²) in [6, 6.07) is 8.11. The van der Waals surface area contributed by atoms with E-state index in [4.69, 9.17) is 4.74 Å². The molecule has 24 heavy (non-hydrogen) atoms. The third-order valence-corrected chi connectivity index (χ3v) is 4.85. The van der Waals surface area contributed by atoms with Crippen molar-refractivity contribution in [2.45, 2.75) is 46.0 Å². The number of unbranched alkanes of at least 4 members (excludes halogenated alkanes) is 1. The smallest absolute Gasteiger partial charge is 0.268 e. The van der Waals surface area contributed by atoms with Gasteiger partial charge in [0, 0.05) is 16.8 Å². The average molecular weight is 325 g/mol. The van der Waals surface area contributed by atoms with Gasteiger partial charge in [-0.3, -0.25) is 9.59 Å². The van der Waals surface area contributed by atoms with Gasteiger partial charge in [-0.2, -0.15) is 0 Å². The lowest BCUT2D eigenvalue weighted by molar-refractivity contribution is 0.302. The molecule has 0 atom stereocenters. The largest absolute Gasteiger partial charge is 0.489 e. The summed E-state index contributed by atoms with van der Waals surface area (Å²) in [7, 11) is 0. The van der Waals surface area contributed by atoms with Crippen LogP contribution in [0.1, 0.15) is 51.7 Å². The van der Waals surface area contributed by atoms with Gasteiger partial charge >= 0.3 is 0 Å². The Morgan fingerprint density at radius 2 is 1.88 bits per heavy atom. The minimum Gasteiger partial charge on any atom is -0.489 e. The molecule has 0 amide bonds. The Morgan fingerprint density at radius 3 is 2.54 bits per heavy atom. The Kier molecular flexibility index (Phi) is 4.08. The lowest BCUT2D eigenvalue weighted by atomic mass is 9.81. The molecular weight excluding hydrogens is 302 g/mol. The number of hydrogen-bond acceptors (Lipinski definition) is 4. The highest BCUT2D eigenvalue weighted by Crippen LogP contribution is 2.46. The molecule has 0 radical (unpaired) electrons. The van der Waals surface area contributed by atoms with Gasteiger partial charge < -0.3 is 10.1 Å². The van der Waals surface area contributed by atoms with Gasteiger partial charge in [0.25, 0.3) is 5.43 Å². The van der Waals surface area contributed by atoms with Crippen LogP contribution in [0, 0.1) is 0 Å². The number of allylic oxidation sites excluding steroid dienone is 2. The third-order valence-electron chi connectivity index (χ3n) is 4.85. The number of para-hydroxylation sites is 1. The molecule has 1 N–H and O–H groups in total. The summed E-state index contributed by atoms with van der Waals surface area (Å²) in [5.74, 6) is 0.229. The van der Waals surface area contributed by atoms with Gasteiger partial charge in [-0.25, -0.2) is 0 Å². The molecule has 1 aliphatic heterocycles. The average Bonchev–Trinajstić information content (AvgIpc) is 2.85. The van der Waals surface area contributed by atoms with Crippen molar-refractivity contribution in [3.63, 3.8) is 0 Å². The molecule has 4 heteroatoms. The van der Waals surface area contributed by atoms with Crippen molar-refractivity contribution >= 4 is 11.3 Å². The third kappa shape index (κ3) is 2.37. The summed E-state index contributed by atoms with van der Waals surface area (Å²) >= 11 is 0. The van der Waals surface area contributed by atoms with Gasteiger partial charge in [0.1, 0.15) is 0 Å². The summed E-state index contributed by atoms with van der Waals surface area (Å²) in [6.45, 7) is 8.65. The summed E-state index contributed by atoms with van der Waals surface area (Å²) in [4.78, 5) is 24.0. The second-order valence-corrected chi connectivity index (χ2v) is 6.86. The fourth-order valence-electron chi connectivity index (χ4n) is 3.42. The summed E-state index contributed by atoms with van der Waals surface area (Å²) in [5.41, 5.74) is 3.22. The van der Waals surface area contributed by atoms with E-state index in [-0.39, 0.29) is 11.2 Å². The Hall–Kier alpha value is -2.36. The number of anilines is 1. The van der Waals surface area contributed by atoms with E-state index in [1.807, 2.05) is 25.1 Å². The Bertz CT molecular complexity index is 883. The summed E-state index contributed by atoms with van der Waals surface area (Å²) in [5, 5.41) is 3.42. The van der Waals surface area contributed by atoms with Gasteiger partial charge in [-0.05, 0) is 30.5 Å². The van der Waals surface area contributed by atoms with Crippen molar-refractivity contribution in [1.29, 1.82) is 0 Å². The first-order chi connectivity index (χ1) is 11.4. The highest BCUT2D eigenvalue weighted by molar-refractivity contribution is 5.82. The van der Waals surface area contributed by atoms with E-state index in [0.717, 1.165) is 29.8 Å². The maximum Gasteiger partial charge on any atom is 0.268 e. The van der Waals surface area contributed by atoms with Crippen LogP contribution in [0.4, 0.5) is 5.69 Å². The van der Waals surface area contributed by atoms with E-state index in [0.29, 0.717) is 12.2 Å². The second kappa shape index (κ2) is 5.93. The van der Waals surface area contributed by atoms with E-state index in [1.54, 1.807) is 0 Å². The standard InChI is InChI=1S/C20H23NO3/c1-5-6-11-24-18-15(16(22)17(18)23)12(2)19-20(3,4)13-9-7-8-10-14(13)21-19/h7-10,21H,5-6,11H2,1-4H3. The van der Waals surface area contributed by atoms with E-state index in [9.17, 15) is 9.59 Å². The molecular formula is C20H23NO3. The number of hydrogen-bond donors (Lipinski definition) is 1. The van der Waals surface area contributed by atoms with Crippen LogP contribution in [0.2, 0.25) is 0 Å². The molecule has 0 saturated heterocycles. The molecule has 0 spiro atoms. The molecule has 4 nitrogen and oxygen atoms in total. The van der Waals surface area contributed by atoms with Crippen LogP contribution in [-0.4, -0.2) is 6.61 Å². The van der Waals surface area contributed by atoms with Crippen molar-refractivity contribution in [2.75, 3.05) is 11.9 Å². The SMILES string of the molecule is CCCCOc1c(C(C)=C2Nc3ccccc3C2(C)C)c(=O)c1=O. The molecule has 0 aliphatic carbocycles. The topological polar surface area (TPSA) is 55.4 Å². The molecule has 0 unspecified atom stereocenters. The monoisotopic (exact) mass is 325 g/mol. The number of rotatable bonds is 5. The Balaban J connectivity index is 2.03. The van der Waals surface area contributed by atoms with Gasteiger partial charge in [0.15, 0.2) is 5.75 Å². The number of benzene rings is 1. The van der Waals surface area contributed by atoms with Crippen molar-refractivity contribution in [2.24, 2.45) is 0 Å². The van der Waals surface area contributed by atoms with Crippen LogP contribution in [-0.2, 0) is 5.41 Å². The highest BCUT2D eigenvalue weighted by Gasteiger charge is 2.38. The predicted octanol–water partition coefficient (Wildman–Crippen LogP) is 3.60. The molecule has 0 saturated carbocycles. The summed E-state index contributed by atoms with van der Waals surface area (Å²) in [6.07, 6.45) is 1.85.